The summed E-state index contributed by atoms with van der Waals surface area (Å²) in [5.74, 6) is 2.28. The van der Waals surface area contributed by atoms with Crippen molar-refractivity contribution in [1.82, 2.24) is 0 Å². The third-order valence-corrected chi connectivity index (χ3v) is 4.44. The Bertz CT molecular complexity index is 467. The molecule has 0 aliphatic heterocycles. The minimum Gasteiger partial charge on any atom is -0.492 e. The smallest absolute Gasteiger partial charge is 0.137 e. The maximum absolute atomic E-state index is 9.25. The van der Waals surface area contributed by atoms with Crippen LogP contribution >= 0.6 is 0 Å². The molecule has 2 heteroatoms. The summed E-state index contributed by atoms with van der Waals surface area (Å²) in [5.41, 5.74) is 2.00. The second-order valence-corrected chi connectivity index (χ2v) is 5.81. The van der Waals surface area contributed by atoms with Crippen molar-refractivity contribution in [2.24, 2.45) is 5.92 Å². The molecule has 108 valence electrons. The lowest BCUT2D eigenvalue weighted by molar-refractivity contribution is 0.307. The van der Waals surface area contributed by atoms with Crippen molar-refractivity contribution < 1.29 is 4.74 Å². The largest absolute Gasteiger partial charge is 0.492 e. The summed E-state index contributed by atoms with van der Waals surface area (Å²) in [5, 5.41) is 9.25. The highest BCUT2D eigenvalue weighted by Gasteiger charge is 2.22. The quantitative estimate of drug-likeness (QED) is 0.752. The third-order valence-electron chi connectivity index (χ3n) is 4.44. The SMILES string of the molecule is CCCC1CCC(c2ccc(OCC)c(C#N)c2)CC1. The number of hydrogen-bond donors (Lipinski definition) is 0. The van der Waals surface area contributed by atoms with Crippen molar-refractivity contribution in [3.63, 3.8) is 0 Å². The zero-order valence-electron chi connectivity index (χ0n) is 12.7. The first kappa shape index (κ1) is 14.9. The molecule has 20 heavy (non-hydrogen) atoms. The molecule has 1 aromatic rings. The number of rotatable bonds is 5. The van der Waals surface area contributed by atoms with Crippen LogP contribution in [0.15, 0.2) is 18.2 Å². The van der Waals surface area contributed by atoms with Gasteiger partial charge in [-0.1, -0.05) is 25.8 Å². The predicted octanol–water partition coefficient (Wildman–Crippen LogP) is 5.03. The molecule has 0 saturated heterocycles. The molecular weight excluding hydrogens is 246 g/mol. The van der Waals surface area contributed by atoms with Crippen LogP contribution in [0.5, 0.6) is 5.75 Å². The van der Waals surface area contributed by atoms with Gasteiger partial charge < -0.3 is 4.74 Å². The Morgan fingerprint density at radius 3 is 2.55 bits per heavy atom. The van der Waals surface area contributed by atoms with Crippen LogP contribution in [0.4, 0.5) is 0 Å². The van der Waals surface area contributed by atoms with Gasteiger partial charge in [0.25, 0.3) is 0 Å². The molecule has 1 aliphatic rings. The molecule has 1 fully saturated rings. The van der Waals surface area contributed by atoms with Crippen LogP contribution in [-0.4, -0.2) is 6.61 Å². The van der Waals surface area contributed by atoms with Crippen LogP contribution in [0.1, 0.15) is 69.4 Å². The first-order valence-corrected chi connectivity index (χ1v) is 7.95. The normalized spacial score (nSPS) is 22.2. The Labute approximate surface area is 122 Å². The van der Waals surface area contributed by atoms with Gasteiger partial charge >= 0.3 is 0 Å². The highest BCUT2D eigenvalue weighted by Crippen LogP contribution is 2.38. The van der Waals surface area contributed by atoms with Gasteiger partial charge in [-0.05, 0) is 62.1 Å². The Morgan fingerprint density at radius 1 is 1.20 bits per heavy atom. The van der Waals surface area contributed by atoms with Gasteiger partial charge in [0.15, 0.2) is 0 Å². The molecule has 0 N–H and O–H groups in total. The van der Waals surface area contributed by atoms with Crippen molar-refractivity contribution in [1.29, 1.82) is 5.26 Å². The Kier molecular flexibility index (Phi) is 5.47. The Morgan fingerprint density at radius 2 is 1.95 bits per heavy atom. The molecule has 0 aromatic heterocycles. The van der Waals surface area contributed by atoms with Gasteiger partial charge in [-0.15, -0.1) is 0 Å². The molecule has 0 heterocycles. The molecular formula is C18H25NO. The Balaban J connectivity index is 2.05. The van der Waals surface area contributed by atoms with E-state index in [2.05, 4.69) is 19.1 Å². The van der Waals surface area contributed by atoms with E-state index in [-0.39, 0.29) is 0 Å². The molecule has 0 bridgehead atoms. The standard InChI is InChI=1S/C18H25NO/c1-3-5-14-6-8-15(9-7-14)16-10-11-18(20-4-2)17(12-16)13-19/h10-12,14-15H,3-9H2,1-2H3. The molecule has 1 saturated carbocycles. The average Bonchev–Trinajstić information content (AvgIpc) is 2.49. The van der Waals surface area contributed by atoms with E-state index in [1.165, 1.54) is 44.1 Å². The second kappa shape index (κ2) is 7.33. The van der Waals surface area contributed by atoms with Gasteiger partial charge in [0.2, 0.25) is 0 Å². The molecule has 0 atom stereocenters. The lowest BCUT2D eigenvalue weighted by atomic mass is 9.77. The minimum absolute atomic E-state index is 0.607. The van der Waals surface area contributed by atoms with E-state index in [1.807, 2.05) is 19.1 Å². The zero-order valence-corrected chi connectivity index (χ0v) is 12.7. The molecule has 1 aliphatic carbocycles. The summed E-state index contributed by atoms with van der Waals surface area (Å²) >= 11 is 0. The van der Waals surface area contributed by atoms with Crippen molar-refractivity contribution in [2.75, 3.05) is 6.61 Å². The van der Waals surface area contributed by atoms with Crippen LogP contribution in [0.25, 0.3) is 0 Å². The fraction of sp³-hybridized carbons (Fsp3) is 0.611. The summed E-state index contributed by atoms with van der Waals surface area (Å²) in [4.78, 5) is 0. The van der Waals surface area contributed by atoms with E-state index in [0.717, 1.165) is 11.7 Å². The number of nitriles is 1. The molecule has 0 spiro atoms. The van der Waals surface area contributed by atoms with E-state index in [0.29, 0.717) is 18.1 Å². The zero-order chi connectivity index (χ0) is 14.4. The third kappa shape index (κ3) is 3.54. The van der Waals surface area contributed by atoms with E-state index in [1.54, 1.807) is 0 Å². The van der Waals surface area contributed by atoms with Crippen LogP contribution < -0.4 is 4.74 Å². The van der Waals surface area contributed by atoms with Crippen molar-refractivity contribution >= 4 is 0 Å². The molecule has 2 rings (SSSR count). The van der Waals surface area contributed by atoms with Crippen molar-refractivity contribution in [3.05, 3.63) is 29.3 Å². The molecule has 0 radical (unpaired) electrons. The summed E-state index contributed by atoms with van der Waals surface area (Å²) < 4.78 is 5.50. The maximum Gasteiger partial charge on any atom is 0.137 e. The lowest BCUT2D eigenvalue weighted by Gasteiger charge is -2.28. The van der Waals surface area contributed by atoms with E-state index in [4.69, 9.17) is 4.74 Å². The fourth-order valence-corrected chi connectivity index (χ4v) is 3.36. The van der Waals surface area contributed by atoms with Gasteiger partial charge in [0.05, 0.1) is 12.2 Å². The number of ether oxygens (including phenoxy) is 1. The second-order valence-electron chi connectivity index (χ2n) is 5.81. The van der Waals surface area contributed by atoms with E-state index < -0.39 is 0 Å². The first-order chi connectivity index (χ1) is 9.78. The van der Waals surface area contributed by atoms with Gasteiger partial charge in [0.1, 0.15) is 11.8 Å². The van der Waals surface area contributed by atoms with E-state index >= 15 is 0 Å². The Hall–Kier alpha value is -1.49. The molecule has 1 aromatic carbocycles. The summed E-state index contributed by atoms with van der Waals surface area (Å²) in [6.45, 7) is 4.83. The highest BCUT2D eigenvalue weighted by molar-refractivity contribution is 5.46. The first-order valence-electron chi connectivity index (χ1n) is 7.95. The minimum atomic E-state index is 0.607. The number of hydrogen-bond acceptors (Lipinski definition) is 2. The van der Waals surface area contributed by atoms with E-state index in [9.17, 15) is 5.26 Å². The van der Waals surface area contributed by atoms with Crippen molar-refractivity contribution in [3.8, 4) is 11.8 Å². The predicted molar refractivity (Wildman–Crippen MR) is 81.9 cm³/mol. The lowest BCUT2D eigenvalue weighted by Crippen LogP contribution is -2.13. The molecule has 0 unspecified atom stereocenters. The van der Waals surface area contributed by atoms with Gasteiger partial charge in [-0.3, -0.25) is 0 Å². The monoisotopic (exact) mass is 271 g/mol. The molecule has 2 nitrogen and oxygen atoms in total. The van der Waals surface area contributed by atoms with Gasteiger partial charge in [0, 0.05) is 0 Å². The average molecular weight is 271 g/mol. The summed E-state index contributed by atoms with van der Waals surface area (Å²) in [7, 11) is 0. The number of nitrogens with zero attached hydrogens (tertiary/aromatic N) is 1. The topological polar surface area (TPSA) is 33.0 Å². The van der Waals surface area contributed by atoms with Crippen molar-refractivity contribution in [2.45, 2.75) is 58.3 Å². The van der Waals surface area contributed by atoms with Crippen LogP contribution in [0, 0.1) is 17.2 Å². The fourth-order valence-electron chi connectivity index (χ4n) is 3.36. The van der Waals surface area contributed by atoms with Crippen LogP contribution in [-0.2, 0) is 0 Å². The van der Waals surface area contributed by atoms with Gasteiger partial charge in [-0.25, -0.2) is 0 Å². The summed E-state index contributed by atoms with van der Waals surface area (Å²) in [6.07, 6.45) is 7.89. The maximum atomic E-state index is 9.25. The summed E-state index contributed by atoms with van der Waals surface area (Å²) in [6, 6.07) is 8.42. The molecule has 0 amide bonds. The van der Waals surface area contributed by atoms with Crippen LogP contribution in [0.2, 0.25) is 0 Å². The van der Waals surface area contributed by atoms with Crippen LogP contribution in [0.3, 0.4) is 0 Å². The number of benzene rings is 1. The highest BCUT2D eigenvalue weighted by atomic mass is 16.5. The van der Waals surface area contributed by atoms with Gasteiger partial charge in [-0.2, -0.15) is 5.26 Å².